The highest BCUT2D eigenvalue weighted by Gasteiger charge is 2.21. The quantitative estimate of drug-likeness (QED) is 0.852. The normalized spacial score (nSPS) is 13.5. The molecule has 3 nitrogen and oxygen atoms in total. The predicted octanol–water partition coefficient (Wildman–Crippen LogP) is 2.76. The monoisotopic (exact) mass is 222 g/mol. The molecule has 0 spiro atoms. The van der Waals surface area contributed by atoms with Gasteiger partial charge < -0.3 is 9.84 Å². The van der Waals surface area contributed by atoms with E-state index in [0.29, 0.717) is 0 Å². The summed E-state index contributed by atoms with van der Waals surface area (Å²) in [5.74, 6) is -1.31. The van der Waals surface area contributed by atoms with Gasteiger partial charge in [0.1, 0.15) is 0 Å². The zero-order valence-corrected chi connectivity index (χ0v) is 10.2. The molecular weight excluding hydrogens is 204 g/mol. The second-order valence-electron chi connectivity index (χ2n) is 4.40. The van der Waals surface area contributed by atoms with E-state index < -0.39 is 17.5 Å². The number of hydrogen-bond donors (Lipinski definition) is 1. The third-order valence-corrected chi connectivity index (χ3v) is 2.96. The molecule has 0 aliphatic carbocycles. The van der Waals surface area contributed by atoms with Gasteiger partial charge in [-0.2, -0.15) is 0 Å². The number of carboxylic acids is 1. The van der Waals surface area contributed by atoms with Crippen LogP contribution in [0.25, 0.3) is 0 Å². The molecule has 3 heteroatoms. The highest BCUT2D eigenvalue weighted by molar-refractivity contribution is 5.75. The smallest absolute Gasteiger partial charge is 0.310 e. The van der Waals surface area contributed by atoms with E-state index in [9.17, 15) is 4.79 Å². The van der Waals surface area contributed by atoms with Crippen molar-refractivity contribution in [1.29, 1.82) is 0 Å². The van der Waals surface area contributed by atoms with E-state index in [2.05, 4.69) is 0 Å². The molecule has 1 aromatic rings. The lowest BCUT2D eigenvalue weighted by Gasteiger charge is -2.24. The fraction of sp³-hybridized carbons (Fsp3) is 0.462. The number of hydrogen-bond acceptors (Lipinski definition) is 2. The van der Waals surface area contributed by atoms with Gasteiger partial charge in [0.25, 0.3) is 0 Å². The molecule has 1 unspecified atom stereocenters. The lowest BCUT2D eigenvalue weighted by molar-refractivity contribution is -0.138. The van der Waals surface area contributed by atoms with Gasteiger partial charge in [-0.1, -0.05) is 24.3 Å². The summed E-state index contributed by atoms with van der Waals surface area (Å²) >= 11 is 0. The molecule has 0 aromatic heterocycles. The van der Waals surface area contributed by atoms with Gasteiger partial charge in [0.2, 0.25) is 0 Å². The highest BCUT2D eigenvalue weighted by atomic mass is 16.5. The van der Waals surface area contributed by atoms with Crippen LogP contribution >= 0.6 is 0 Å². The molecule has 0 saturated carbocycles. The Morgan fingerprint density at radius 1 is 1.44 bits per heavy atom. The number of ether oxygens (including phenoxy) is 1. The van der Waals surface area contributed by atoms with Crippen LogP contribution in [0.3, 0.4) is 0 Å². The molecule has 88 valence electrons. The van der Waals surface area contributed by atoms with Gasteiger partial charge in [-0.3, -0.25) is 4.79 Å². The molecule has 1 atom stereocenters. The maximum Gasteiger partial charge on any atom is 0.310 e. The minimum atomic E-state index is -0.813. The van der Waals surface area contributed by atoms with Crippen molar-refractivity contribution in [2.24, 2.45) is 0 Å². The van der Waals surface area contributed by atoms with Crippen molar-refractivity contribution in [3.05, 3.63) is 35.4 Å². The summed E-state index contributed by atoms with van der Waals surface area (Å²) in [5.41, 5.74) is 1.39. The molecule has 1 rings (SSSR count). The van der Waals surface area contributed by atoms with Gasteiger partial charge in [-0.05, 0) is 31.9 Å². The topological polar surface area (TPSA) is 46.5 Å². The zero-order valence-electron chi connectivity index (χ0n) is 10.2. The summed E-state index contributed by atoms with van der Waals surface area (Å²) in [7, 11) is 1.65. The summed E-state index contributed by atoms with van der Waals surface area (Å²) in [6, 6.07) is 7.53. The highest BCUT2D eigenvalue weighted by Crippen LogP contribution is 2.26. The van der Waals surface area contributed by atoms with Crippen LogP contribution in [0.2, 0.25) is 0 Å². The van der Waals surface area contributed by atoms with Crippen LogP contribution in [0.1, 0.15) is 37.8 Å². The van der Waals surface area contributed by atoms with E-state index in [0.717, 1.165) is 11.1 Å². The number of carboxylic acid groups (broad SMARTS) is 1. The predicted molar refractivity (Wildman–Crippen MR) is 62.5 cm³/mol. The number of methoxy groups -OCH3 is 1. The third-order valence-electron chi connectivity index (χ3n) is 2.96. The Balaban J connectivity index is 3.09. The van der Waals surface area contributed by atoms with E-state index >= 15 is 0 Å². The zero-order chi connectivity index (χ0) is 12.3. The number of carbonyl (C=O) groups is 1. The molecule has 1 N–H and O–H groups in total. The van der Waals surface area contributed by atoms with Crippen LogP contribution < -0.4 is 0 Å². The fourth-order valence-electron chi connectivity index (χ4n) is 1.44. The Labute approximate surface area is 96.1 Å². The van der Waals surface area contributed by atoms with Gasteiger partial charge in [-0.25, -0.2) is 0 Å². The van der Waals surface area contributed by atoms with E-state index in [-0.39, 0.29) is 0 Å². The molecule has 0 bridgehead atoms. The lowest BCUT2D eigenvalue weighted by Crippen LogP contribution is -2.20. The van der Waals surface area contributed by atoms with Gasteiger partial charge in [0.05, 0.1) is 11.5 Å². The molecule has 0 fully saturated rings. The van der Waals surface area contributed by atoms with Crippen molar-refractivity contribution in [3.63, 3.8) is 0 Å². The first-order valence-electron chi connectivity index (χ1n) is 5.27. The van der Waals surface area contributed by atoms with Crippen LogP contribution in [0.5, 0.6) is 0 Å². The second-order valence-corrected chi connectivity index (χ2v) is 4.40. The van der Waals surface area contributed by atoms with Gasteiger partial charge in [0, 0.05) is 7.11 Å². The molecular formula is C13H18O3. The fourth-order valence-corrected chi connectivity index (χ4v) is 1.44. The van der Waals surface area contributed by atoms with Crippen molar-refractivity contribution in [2.75, 3.05) is 7.11 Å². The number of aliphatic carboxylic acids is 1. The maximum atomic E-state index is 10.9. The standard InChI is InChI=1S/C13H18O3/c1-9(12(14)15)10-6-5-7-11(8-10)13(2,3)16-4/h5-9H,1-4H3,(H,14,15). The minimum absolute atomic E-state index is 0.395. The largest absolute Gasteiger partial charge is 0.481 e. The minimum Gasteiger partial charge on any atom is -0.481 e. The van der Waals surface area contributed by atoms with Crippen molar-refractivity contribution >= 4 is 5.97 Å². The third kappa shape index (κ3) is 2.61. The molecule has 1 aromatic carbocycles. The Hall–Kier alpha value is -1.35. The molecule has 0 saturated heterocycles. The lowest BCUT2D eigenvalue weighted by atomic mass is 9.92. The molecule has 0 radical (unpaired) electrons. The summed E-state index contributed by atoms with van der Waals surface area (Å²) < 4.78 is 5.37. The first-order chi connectivity index (χ1) is 7.38. The van der Waals surface area contributed by atoms with Crippen LogP contribution in [-0.2, 0) is 15.1 Å². The first kappa shape index (κ1) is 12.7. The number of benzene rings is 1. The first-order valence-corrected chi connectivity index (χ1v) is 5.27. The molecule has 0 aliphatic rings. The Morgan fingerprint density at radius 2 is 2.06 bits per heavy atom. The van der Waals surface area contributed by atoms with Crippen LogP contribution in [-0.4, -0.2) is 18.2 Å². The van der Waals surface area contributed by atoms with E-state index in [1.165, 1.54) is 0 Å². The average molecular weight is 222 g/mol. The number of rotatable bonds is 4. The van der Waals surface area contributed by atoms with Crippen molar-refractivity contribution in [2.45, 2.75) is 32.3 Å². The van der Waals surface area contributed by atoms with Crippen molar-refractivity contribution in [1.82, 2.24) is 0 Å². The summed E-state index contributed by atoms with van der Waals surface area (Å²) in [6.07, 6.45) is 0. The van der Waals surface area contributed by atoms with Crippen LogP contribution in [0.15, 0.2) is 24.3 Å². The molecule has 0 amide bonds. The molecule has 0 heterocycles. The van der Waals surface area contributed by atoms with E-state index in [1.807, 2.05) is 38.1 Å². The van der Waals surface area contributed by atoms with Crippen molar-refractivity contribution in [3.8, 4) is 0 Å². The van der Waals surface area contributed by atoms with Crippen molar-refractivity contribution < 1.29 is 14.6 Å². The maximum absolute atomic E-state index is 10.9. The summed E-state index contributed by atoms with van der Waals surface area (Å²) in [6.45, 7) is 5.59. The van der Waals surface area contributed by atoms with Crippen LogP contribution in [0, 0.1) is 0 Å². The van der Waals surface area contributed by atoms with E-state index in [4.69, 9.17) is 9.84 Å². The molecule has 16 heavy (non-hydrogen) atoms. The summed E-state index contributed by atoms with van der Waals surface area (Å²) in [5, 5.41) is 8.96. The Kier molecular flexibility index (Phi) is 3.70. The van der Waals surface area contributed by atoms with E-state index in [1.54, 1.807) is 14.0 Å². The average Bonchev–Trinajstić information content (AvgIpc) is 2.28. The summed E-state index contributed by atoms with van der Waals surface area (Å²) in [4.78, 5) is 10.9. The van der Waals surface area contributed by atoms with Gasteiger partial charge >= 0.3 is 5.97 Å². The van der Waals surface area contributed by atoms with Crippen LogP contribution in [0.4, 0.5) is 0 Å². The second kappa shape index (κ2) is 4.66. The SMILES string of the molecule is COC(C)(C)c1cccc(C(C)C(=O)O)c1. The Bertz CT molecular complexity index is 383. The Morgan fingerprint density at radius 3 is 2.56 bits per heavy atom. The van der Waals surface area contributed by atoms with Gasteiger partial charge in [-0.15, -0.1) is 0 Å². The molecule has 0 aliphatic heterocycles. The van der Waals surface area contributed by atoms with Gasteiger partial charge in [0.15, 0.2) is 0 Å².